The SMILES string of the molecule is CC(C)=CCCC(C)CCC(CCC(C)CCC=C(C)C)COC(C)(O)O. The molecule has 0 aliphatic carbocycles. The highest BCUT2D eigenvalue weighted by Gasteiger charge is 2.20. The average molecular weight is 383 g/mol. The number of allylic oxidation sites excluding steroid dienone is 4. The smallest absolute Gasteiger partial charge is 0.274 e. The summed E-state index contributed by atoms with van der Waals surface area (Å²) in [5, 5.41) is 19.0. The number of hydrogen-bond donors (Lipinski definition) is 2. The maximum Gasteiger partial charge on any atom is 0.274 e. The molecule has 0 spiro atoms. The van der Waals surface area contributed by atoms with Crippen molar-refractivity contribution in [2.75, 3.05) is 6.61 Å². The monoisotopic (exact) mass is 382 g/mol. The van der Waals surface area contributed by atoms with Crippen LogP contribution in [0.2, 0.25) is 0 Å². The minimum Gasteiger partial charge on any atom is -0.344 e. The predicted octanol–water partition coefficient (Wildman–Crippen LogP) is 6.60. The lowest BCUT2D eigenvalue weighted by Gasteiger charge is -2.24. The van der Waals surface area contributed by atoms with E-state index in [4.69, 9.17) is 4.74 Å². The van der Waals surface area contributed by atoms with E-state index in [9.17, 15) is 10.2 Å². The molecule has 0 amide bonds. The molecule has 2 atom stereocenters. The molecule has 0 aromatic heterocycles. The maximum atomic E-state index is 9.48. The zero-order valence-corrected chi connectivity index (χ0v) is 19.1. The summed E-state index contributed by atoms with van der Waals surface area (Å²) in [6.07, 6.45) is 13.9. The largest absolute Gasteiger partial charge is 0.344 e. The van der Waals surface area contributed by atoms with Gasteiger partial charge in [0.25, 0.3) is 5.97 Å². The molecule has 3 nitrogen and oxygen atoms in total. The van der Waals surface area contributed by atoms with Gasteiger partial charge < -0.3 is 14.9 Å². The van der Waals surface area contributed by atoms with Crippen molar-refractivity contribution in [2.45, 2.75) is 106 Å². The Balaban J connectivity index is 4.38. The van der Waals surface area contributed by atoms with Crippen LogP contribution in [-0.4, -0.2) is 22.8 Å². The van der Waals surface area contributed by atoms with Crippen molar-refractivity contribution in [3.63, 3.8) is 0 Å². The molecule has 0 bridgehead atoms. The van der Waals surface area contributed by atoms with Gasteiger partial charge in [0.1, 0.15) is 0 Å². The van der Waals surface area contributed by atoms with E-state index in [2.05, 4.69) is 53.7 Å². The van der Waals surface area contributed by atoms with Gasteiger partial charge in [0.05, 0.1) is 6.61 Å². The summed E-state index contributed by atoms with van der Waals surface area (Å²) in [4.78, 5) is 0. The molecule has 0 aromatic carbocycles. The van der Waals surface area contributed by atoms with E-state index in [0.29, 0.717) is 24.4 Å². The van der Waals surface area contributed by atoms with Gasteiger partial charge >= 0.3 is 0 Å². The highest BCUT2D eigenvalue weighted by Crippen LogP contribution is 2.25. The first-order valence-corrected chi connectivity index (χ1v) is 10.8. The fourth-order valence-corrected chi connectivity index (χ4v) is 3.23. The Morgan fingerprint density at radius 1 is 0.778 bits per heavy atom. The summed E-state index contributed by atoms with van der Waals surface area (Å²) in [7, 11) is 0. The molecule has 2 unspecified atom stereocenters. The van der Waals surface area contributed by atoms with E-state index in [1.165, 1.54) is 43.8 Å². The van der Waals surface area contributed by atoms with Crippen LogP contribution in [0.15, 0.2) is 23.3 Å². The Morgan fingerprint density at radius 2 is 1.19 bits per heavy atom. The fraction of sp³-hybridized carbons (Fsp3) is 0.833. The molecular formula is C24H46O3. The molecule has 27 heavy (non-hydrogen) atoms. The quantitative estimate of drug-likeness (QED) is 0.248. The normalized spacial score (nSPS) is 15.1. The van der Waals surface area contributed by atoms with Crippen LogP contribution in [0.5, 0.6) is 0 Å². The van der Waals surface area contributed by atoms with Gasteiger partial charge in [-0.1, -0.05) is 50.0 Å². The van der Waals surface area contributed by atoms with Crippen LogP contribution in [0.25, 0.3) is 0 Å². The second-order valence-electron chi connectivity index (χ2n) is 9.19. The second kappa shape index (κ2) is 14.4. The predicted molar refractivity (Wildman–Crippen MR) is 116 cm³/mol. The molecule has 0 rings (SSSR count). The molecule has 0 aliphatic heterocycles. The maximum absolute atomic E-state index is 9.48. The van der Waals surface area contributed by atoms with Crippen molar-refractivity contribution in [2.24, 2.45) is 17.8 Å². The third kappa shape index (κ3) is 18.5. The van der Waals surface area contributed by atoms with Crippen LogP contribution in [0.1, 0.15) is 99.8 Å². The molecule has 0 saturated carbocycles. The molecule has 3 heteroatoms. The summed E-state index contributed by atoms with van der Waals surface area (Å²) in [5.74, 6) is -0.261. The summed E-state index contributed by atoms with van der Waals surface area (Å²) >= 11 is 0. The fourth-order valence-electron chi connectivity index (χ4n) is 3.23. The third-order valence-electron chi connectivity index (χ3n) is 5.15. The van der Waals surface area contributed by atoms with E-state index < -0.39 is 5.97 Å². The number of ether oxygens (including phenoxy) is 1. The lowest BCUT2D eigenvalue weighted by atomic mass is 9.88. The van der Waals surface area contributed by atoms with Crippen LogP contribution >= 0.6 is 0 Å². The van der Waals surface area contributed by atoms with E-state index in [1.54, 1.807) is 0 Å². The highest BCUT2D eigenvalue weighted by atomic mass is 16.8. The Labute approximate surface area is 168 Å². The first kappa shape index (κ1) is 26.4. The number of rotatable bonds is 15. The van der Waals surface area contributed by atoms with Crippen LogP contribution in [-0.2, 0) is 4.74 Å². The molecule has 0 fully saturated rings. The van der Waals surface area contributed by atoms with Gasteiger partial charge in [-0.3, -0.25) is 0 Å². The van der Waals surface area contributed by atoms with Gasteiger partial charge in [-0.2, -0.15) is 0 Å². The number of aliphatic hydroxyl groups is 2. The zero-order chi connectivity index (χ0) is 20.9. The third-order valence-corrected chi connectivity index (χ3v) is 5.15. The van der Waals surface area contributed by atoms with E-state index >= 15 is 0 Å². The van der Waals surface area contributed by atoms with Gasteiger partial charge in [0, 0.05) is 6.92 Å². The average Bonchev–Trinajstić information content (AvgIpc) is 2.52. The lowest BCUT2D eigenvalue weighted by Crippen LogP contribution is -2.30. The van der Waals surface area contributed by atoms with E-state index in [-0.39, 0.29) is 0 Å². The summed E-state index contributed by atoms with van der Waals surface area (Å²) in [6.45, 7) is 14.9. The van der Waals surface area contributed by atoms with E-state index in [0.717, 1.165) is 25.7 Å². The standard InChI is InChI=1S/C24H46O3/c1-19(2)10-8-12-21(5)14-16-23(18-27-24(7,25)26)17-15-22(6)13-9-11-20(3)4/h10-11,21-23,25-26H,8-9,12-18H2,1-7H3. The van der Waals surface area contributed by atoms with Gasteiger partial charge in [0.2, 0.25) is 0 Å². The highest BCUT2D eigenvalue weighted by molar-refractivity contribution is 4.93. The van der Waals surface area contributed by atoms with Crippen molar-refractivity contribution in [1.29, 1.82) is 0 Å². The van der Waals surface area contributed by atoms with Gasteiger partial charge in [0.15, 0.2) is 0 Å². The first-order chi connectivity index (χ1) is 12.5. The summed E-state index contributed by atoms with van der Waals surface area (Å²) in [5.41, 5.74) is 2.78. The van der Waals surface area contributed by atoms with Gasteiger partial charge in [-0.15, -0.1) is 0 Å². The van der Waals surface area contributed by atoms with Crippen molar-refractivity contribution in [3.8, 4) is 0 Å². The molecule has 0 heterocycles. The van der Waals surface area contributed by atoms with E-state index in [1.807, 2.05) is 0 Å². The summed E-state index contributed by atoms with van der Waals surface area (Å²) in [6, 6.07) is 0. The van der Waals surface area contributed by atoms with Crippen LogP contribution in [0, 0.1) is 17.8 Å². The molecule has 2 N–H and O–H groups in total. The minimum absolute atomic E-state index is 0.389. The Hall–Kier alpha value is -0.640. The molecular weight excluding hydrogens is 336 g/mol. The van der Waals surface area contributed by atoms with Gasteiger partial charge in [-0.25, -0.2) is 0 Å². The van der Waals surface area contributed by atoms with Crippen molar-refractivity contribution in [1.82, 2.24) is 0 Å². The summed E-state index contributed by atoms with van der Waals surface area (Å²) < 4.78 is 5.27. The van der Waals surface area contributed by atoms with Crippen molar-refractivity contribution in [3.05, 3.63) is 23.3 Å². The minimum atomic E-state index is -2.03. The molecule has 0 aromatic rings. The molecule has 160 valence electrons. The second-order valence-corrected chi connectivity index (χ2v) is 9.19. The Morgan fingerprint density at radius 3 is 1.52 bits per heavy atom. The topological polar surface area (TPSA) is 49.7 Å². The van der Waals surface area contributed by atoms with Crippen molar-refractivity contribution >= 4 is 0 Å². The van der Waals surface area contributed by atoms with Crippen molar-refractivity contribution < 1.29 is 14.9 Å². The van der Waals surface area contributed by atoms with Crippen LogP contribution in [0.3, 0.4) is 0 Å². The van der Waals surface area contributed by atoms with Gasteiger partial charge in [-0.05, 0) is 84.0 Å². The number of hydrogen-bond acceptors (Lipinski definition) is 3. The molecule has 0 saturated heterocycles. The molecule has 0 aliphatic rings. The molecule has 0 radical (unpaired) electrons. The Kier molecular flexibility index (Phi) is 14.0. The van der Waals surface area contributed by atoms with Crippen LogP contribution in [0.4, 0.5) is 0 Å². The zero-order valence-electron chi connectivity index (χ0n) is 19.1. The lowest BCUT2D eigenvalue weighted by molar-refractivity contribution is -0.329. The first-order valence-electron chi connectivity index (χ1n) is 10.8. The Bertz CT molecular complexity index is 391. The van der Waals surface area contributed by atoms with Crippen LogP contribution < -0.4 is 0 Å².